The number of nitrogens with zero attached hydrogens (tertiary/aromatic N) is 2. The molecule has 2 heterocycles. The molecule has 0 saturated carbocycles. The molecule has 0 bridgehead atoms. The monoisotopic (exact) mass is 314 g/mol. The Morgan fingerprint density at radius 1 is 1.56 bits per heavy atom. The van der Waals surface area contributed by atoms with Crippen molar-refractivity contribution in [2.45, 2.75) is 31.7 Å². The first kappa shape index (κ1) is 13.5. The molecule has 1 atom stereocenters. The molecule has 5 heteroatoms. The lowest BCUT2D eigenvalue weighted by Gasteiger charge is -2.24. The lowest BCUT2D eigenvalue weighted by molar-refractivity contribution is 0.0724. The third kappa shape index (κ3) is 3.07. The van der Waals surface area contributed by atoms with Crippen LogP contribution in [-0.4, -0.2) is 33.7 Å². The molecule has 3 nitrogen and oxygen atoms in total. The molecule has 0 radical (unpaired) electrons. The SMILES string of the molecule is O=C(c1ccc(F)cn1)N1CCCC1CCCBr. The fraction of sp³-hybridized carbons (Fsp3) is 0.538. The van der Waals surface area contributed by atoms with E-state index >= 15 is 0 Å². The second-order valence-corrected chi connectivity index (χ2v) is 5.28. The van der Waals surface area contributed by atoms with Crippen LogP contribution in [0.15, 0.2) is 18.3 Å². The van der Waals surface area contributed by atoms with Gasteiger partial charge < -0.3 is 4.90 Å². The van der Waals surface area contributed by atoms with Gasteiger partial charge in [0.1, 0.15) is 11.5 Å². The summed E-state index contributed by atoms with van der Waals surface area (Å²) in [6.07, 6.45) is 5.26. The maximum absolute atomic E-state index is 12.8. The minimum absolute atomic E-state index is 0.0768. The number of hydrogen-bond donors (Lipinski definition) is 0. The number of hydrogen-bond acceptors (Lipinski definition) is 2. The normalized spacial score (nSPS) is 19.2. The summed E-state index contributed by atoms with van der Waals surface area (Å²) in [5, 5.41) is 0.959. The number of halogens is 2. The van der Waals surface area contributed by atoms with E-state index in [4.69, 9.17) is 0 Å². The van der Waals surface area contributed by atoms with Gasteiger partial charge in [0.15, 0.2) is 0 Å². The summed E-state index contributed by atoms with van der Waals surface area (Å²) < 4.78 is 12.8. The van der Waals surface area contributed by atoms with Gasteiger partial charge in [0, 0.05) is 17.9 Å². The summed E-state index contributed by atoms with van der Waals surface area (Å²) in [6, 6.07) is 3.04. The van der Waals surface area contributed by atoms with Gasteiger partial charge in [0.25, 0.3) is 5.91 Å². The second-order valence-electron chi connectivity index (χ2n) is 4.49. The van der Waals surface area contributed by atoms with Crippen molar-refractivity contribution in [1.29, 1.82) is 0 Å². The standard InChI is InChI=1S/C13H16BrFN2O/c14-7-1-3-11-4-2-8-17(11)13(18)12-6-5-10(15)9-16-12/h5-6,9,11H,1-4,7-8H2. The van der Waals surface area contributed by atoms with Gasteiger partial charge in [0.05, 0.1) is 6.20 Å². The fourth-order valence-corrected chi connectivity index (χ4v) is 2.69. The summed E-state index contributed by atoms with van der Waals surface area (Å²) in [7, 11) is 0. The summed E-state index contributed by atoms with van der Waals surface area (Å²) in [5.41, 5.74) is 0.335. The molecule has 1 saturated heterocycles. The molecule has 0 N–H and O–H groups in total. The summed E-state index contributed by atoms with van der Waals surface area (Å²) >= 11 is 3.41. The minimum Gasteiger partial charge on any atom is -0.334 e. The number of alkyl halides is 1. The van der Waals surface area contributed by atoms with Gasteiger partial charge in [-0.05, 0) is 37.8 Å². The van der Waals surface area contributed by atoms with E-state index < -0.39 is 5.82 Å². The Morgan fingerprint density at radius 3 is 3.06 bits per heavy atom. The highest BCUT2D eigenvalue weighted by Crippen LogP contribution is 2.23. The van der Waals surface area contributed by atoms with Crippen LogP contribution in [0.1, 0.15) is 36.2 Å². The van der Waals surface area contributed by atoms with E-state index in [1.165, 1.54) is 12.1 Å². The van der Waals surface area contributed by atoms with Gasteiger partial charge in [-0.25, -0.2) is 9.37 Å². The van der Waals surface area contributed by atoms with Crippen LogP contribution in [0.2, 0.25) is 0 Å². The number of aromatic nitrogens is 1. The Bertz CT molecular complexity index is 410. The van der Waals surface area contributed by atoms with E-state index in [0.717, 1.165) is 43.8 Å². The highest BCUT2D eigenvalue weighted by Gasteiger charge is 2.29. The van der Waals surface area contributed by atoms with Gasteiger partial charge in [0.2, 0.25) is 0 Å². The quantitative estimate of drug-likeness (QED) is 0.800. The van der Waals surface area contributed by atoms with Crippen LogP contribution >= 0.6 is 15.9 Å². The fourth-order valence-electron chi connectivity index (χ4n) is 2.37. The molecule has 0 aliphatic carbocycles. The Morgan fingerprint density at radius 2 is 2.39 bits per heavy atom. The number of rotatable bonds is 4. The lowest BCUT2D eigenvalue weighted by Crippen LogP contribution is -2.36. The van der Waals surface area contributed by atoms with E-state index in [9.17, 15) is 9.18 Å². The molecule has 1 amide bonds. The summed E-state index contributed by atoms with van der Waals surface area (Å²) in [5.74, 6) is -0.490. The van der Waals surface area contributed by atoms with Gasteiger partial charge in [-0.15, -0.1) is 0 Å². The number of likely N-dealkylation sites (tertiary alicyclic amines) is 1. The zero-order valence-corrected chi connectivity index (χ0v) is 11.7. The molecule has 18 heavy (non-hydrogen) atoms. The van der Waals surface area contributed by atoms with Gasteiger partial charge >= 0.3 is 0 Å². The first-order valence-corrected chi connectivity index (χ1v) is 7.33. The van der Waals surface area contributed by atoms with Crippen molar-refractivity contribution in [1.82, 2.24) is 9.88 Å². The van der Waals surface area contributed by atoms with Gasteiger partial charge in [-0.1, -0.05) is 15.9 Å². The van der Waals surface area contributed by atoms with Crippen LogP contribution in [0.5, 0.6) is 0 Å². The number of carbonyl (C=O) groups excluding carboxylic acids is 1. The predicted octanol–water partition coefficient (Wildman–Crippen LogP) is 3.00. The van der Waals surface area contributed by atoms with Crippen LogP contribution in [0.25, 0.3) is 0 Å². The Labute approximate surface area is 115 Å². The number of pyridine rings is 1. The van der Waals surface area contributed by atoms with Crippen molar-refractivity contribution in [2.24, 2.45) is 0 Å². The number of carbonyl (C=O) groups is 1. The van der Waals surface area contributed by atoms with Crippen molar-refractivity contribution >= 4 is 21.8 Å². The molecule has 1 unspecified atom stereocenters. The zero-order chi connectivity index (χ0) is 13.0. The molecule has 1 aromatic rings. The van der Waals surface area contributed by atoms with Crippen LogP contribution in [-0.2, 0) is 0 Å². The molecule has 1 aliphatic rings. The van der Waals surface area contributed by atoms with E-state index in [1.807, 2.05) is 4.90 Å². The smallest absolute Gasteiger partial charge is 0.272 e. The molecular formula is C13H16BrFN2O. The van der Waals surface area contributed by atoms with Gasteiger partial charge in [-0.2, -0.15) is 0 Å². The van der Waals surface area contributed by atoms with Crippen LogP contribution in [0, 0.1) is 5.82 Å². The topological polar surface area (TPSA) is 33.2 Å². The Kier molecular flexibility index (Phi) is 4.69. The van der Waals surface area contributed by atoms with E-state index in [1.54, 1.807) is 0 Å². The van der Waals surface area contributed by atoms with E-state index in [2.05, 4.69) is 20.9 Å². The average Bonchev–Trinajstić information content (AvgIpc) is 2.84. The highest BCUT2D eigenvalue weighted by molar-refractivity contribution is 9.09. The highest BCUT2D eigenvalue weighted by atomic mass is 79.9. The second kappa shape index (κ2) is 6.27. The molecular weight excluding hydrogens is 299 g/mol. The predicted molar refractivity (Wildman–Crippen MR) is 71.3 cm³/mol. The van der Waals surface area contributed by atoms with Crippen LogP contribution in [0.3, 0.4) is 0 Å². The summed E-state index contributed by atoms with van der Waals surface area (Å²) in [4.78, 5) is 18.0. The zero-order valence-electron chi connectivity index (χ0n) is 10.1. The molecule has 98 valence electrons. The third-order valence-electron chi connectivity index (χ3n) is 3.26. The lowest BCUT2D eigenvalue weighted by atomic mass is 10.1. The van der Waals surface area contributed by atoms with Crippen LogP contribution < -0.4 is 0 Å². The first-order chi connectivity index (χ1) is 8.72. The van der Waals surface area contributed by atoms with Crippen molar-refractivity contribution < 1.29 is 9.18 Å². The summed E-state index contributed by atoms with van der Waals surface area (Å²) in [6.45, 7) is 0.783. The average molecular weight is 315 g/mol. The van der Waals surface area contributed by atoms with Gasteiger partial charge in [-0.3, -0.25) is 4.79 Å². The molecule has 1 aliphatic heterocycles. The molecule has 0 aromatic carbocycles. The van der Waals surface area contributed by atoms with Crippen molar-refractivity contribution in [3.05, 3.63) is 29.8 Å². The maximum atomic E-state index is 12.8. The van der Waals surface area contributed by atoms with Crippen molar-refractivity contribution in [3.63, 3.8) is 0 Å². The molecule has 1 aromatic heterocycles. The first-order valence-electron chi connectivity index (χ1n) is 6.21. The van der Waals surface area contributed by atoms with Crippen LogP contribution in [0.4, 0.5) is 4.39 Å². The Balaban J connectivity index is 2.05. The van der Waals surface area contributed by atoms with E-state index in [-0.39, 0.29) is 5.91 Å². The largest absolute Gasteiger partial charge is 0.334 e. The van der Waals surface area contributed by atoms with E-state index in [0.29, 0.717) is 11.7 Å². The van der Waals surface area contributed by atoms with Crippen molar-refractivity contribution in [2.75, 3.05) is 11.9 Å². The molecule has 2 rings (SSSR count). The maximum Gasteiger partial charge on any atom is 0.272 e. The molecule has 1 fully saturated rings. The van der Waals surface area contributed by atoms with Crippen molar-refractivity contribution in [3.8, 4) is 0 Å². The number of amides is 1. The minimum atomic E-state index is -0.413. The Hall–Kier alpha value is -0.970. The molecule has 0 spiro atoms. The third-order valence-corrected chi connectivity index (χ3v) is 3.82.